The van der Waals surface area contributed by atoms with Gasteiger partial charge in [0.05, 0.1) is 25.0 Å². The fourth-order valence-electron chi connectivity index (χ4n) is 2.13. The van der Waals surface area contributed by atoms with Crippen LogP contribution in [0, 0.1) is 11.5 Å². The summed E-state index contributed by atoms with van der Waals surface area (Å²) in [6, 6.07) is 8.13. The molecule has 0 saturated heterocycles. The van der Waals surface area contributed by atoms with Crippen molar-refractivity contribution < 1.29 is 18.0 Å². The number of hydrogen-bond donors (Lipinski definition) is 3. The molecule has 0 bridgehead atoms. The van der Waals surface area contributed by atoms with Crippen LogP contribution in [-0.2, 0) is 6.18 Å². The Balaban J connectivity index is 1.99. The number of rotatable bonds is 6. The minimum absolute atomic E-state index is 0.129. The number of nitrogens with zero attached hydrogens (tertiary/aromatic N) is 3. The van der Waals surface area contributed by atoms with Crippen molar-refractivity contribution in [2.75, 3.05) is 18.4 Å². The van der Waals surface area contributed by atoms with E-state index in [1.54, 1.807) is 24.4 Å². The van der Waals surface area contributed by atoms with Crippen LogP contribution in [-0.4, -0.2) is 34.3 Å². The zero-order chi connectivity index (χ0) is 23.1. The summed E-state index contributed by atoms with van der Waals surface area (Å²) in [7, 11) is 0. The Bertz CT molecular complexity index is 990. The molecule has 0 aliphatic carbocycles. The lowest BCUT2D eigenvalue weighted by Gasteiger charge is -2.19. The van der Waals surface area contributed by atoms with Crippen LogP contribution in [0.3, 0.4) is 0 Å². The molecule has 2 aromatic rings. The Labute approximate surface area is 190 Å². The quantitative estimate of drug-likeness (QED) is 0.184. The number of amides is 1. The van der Waals surface area contributed by atoms with E-state index in [-0.39, 0.29) is 24.7 Å². The lowest BCUT2D eigenvalue weighted by Crippen LogP contribution is -2.38. The fraction of sp³-hybridized carbons (Fsp3) is 0.222. The van der Waals surface area contributed by atoms with Crippen LogP contribution in [0.2, 0.25) is 5.02 Å². The van der Waals surface area contributed by atoms with Crippen molar-refractivity contribution in [2.24, 2.45) is 4.99 Å². The average Bonchev–Trinajstić information content (AvgIpc) is 2.70. The van der Waals surface area contributed by atoms with Crippen molar-refractivity contribution in [1.82, 2.24) is 15.6 Å². The van der Waals surface area contributed by atoms with Crippen molar-refractivity contribution in [3.8, 4) is 6.19 Å². The monoisotopic (exact) mass is 492 g/mol. The van der Waals surface area contributed by atoms with Crippen LogP contribution in [0.5, 0.6) is 0 Å². The molecule has 1 aromatic carbocycles. The third-order valence-electron chi connectivity index (χ3n) is 3.55. The smallest absolute Gasteiger partial charge is 0.349 e. The van der Waals surface area contributed by atoms with Gasteiger partial charge in [0.15, 0.2) is 10.5 Å². The summed E-state index contributed by atoms with van der Waals surface area (Å²) in [5, 5.41) is 16.6. The Morgan fingerprint density at radius 1 is 1.23 bits per heavy atom. The van der Waals surface area contributed by atoms with Crippen molar-refractivity contribution in [1.29, 1.82) is 5.26 Å². The highest BCUT2D eigenvalue weighted by molar-refractivity contribution is 6.49. The number of alkyl halides is 5. The van der Waals surface area contributed by atoms with E-state index in [9.17, 15) is 18.0 Å². The first kappa shape index (κ1) is 24.5. The number of hydrogen-bond acceptors (Lipinski definition) is 4. The Morgan fingerprint density at radius 3 is 2.55 bits per heavy atom. The van der Waals surface area contributed by atoms with Gasteiger partial charge in [0.2, 0.25) is 5.96 Å². The second-order valence-corrected chi connectivity index (χ2v) is 8.08. The molecule has 2 rings (SSSR count). The van der Waals surface area contributed by atoms with E-state index in [4.69, 9.17) is 40.1 Å². The Kier molecular flexibility index (Phi) is 8.33. The van der Waals surface area contributed by atoms with Crippen LogP contribution in [0.4, 0.5) is 18.9 Å². The van der Waals surface area contributed by atoms with Gasteiger partial charge in [-0.3, -0.25) is 10.1 Å². The van der Waals surface area contributed by atoms with Crippen LogP contribution in [0.15, 0.2) is 47.6 Å². The number of aliphatic imine (C=N–C) groups is 1. The molecule has 3 N–H and O–H groups in total. The van der Waals surface area contributed by atoms with Gasteiger partial charge < -0.3 is 10.6 Å². The van der Waals surface area contributed by atoms with E-state index in [2.05, 4.69) is 25.9 Å². The van der Waals surface area contributed by atoms with Gasteiger partial charge >= 0.3 is 6.18 Å². The predicted molar refractivity (Wildman–Crippen MR) is 112 cm³/mol. The van der Waals surface area contributed by atoms with Crippen LogP contribution < -0.4 is 16.0 Å². The van der Waals surface area contributed by atoms with Crippen LogP contribution >= 0.6 is 34.8 Å². The molecule has 0 spiro atoms. The summed E-state index contributed by atoms with van der Waals surface area (Å²) >= 11 is 18.2. The number of aromatic nitrogens is 1. The second kappa shape index (κ2) is 10.5. The standard InChI is InChI=1S/C18H14Cl3F3N6O/c19-12-3-1-2-11(6-12)15(31)27-8-17(20,21)9-28-16(29-10-25)30-13-4-5-14(26-7-13)18(22,23)24/h1-7H,8-9H2,(H,27,31)(H2,28,29,30). The van der Waals surface area contributed by atoms with E-state index < -0.39 is 22.1 Å². The van der Waals surface area contributed by atoms with Crippen molar-refractivity contribution >= 4 is 52.4 Å². The number of halogens is 6. The van der Waals surface area contributed by atoms with Crippen LogP contribution in [0.25, 0.3) is 0 Å². The highest BCUT2D eigenvalue weighted by Crippen LogP contribution is 2.27. The summed E-state index contributed by atoms with van der Waals surface area (Å²) in [5.74, 6) is -0.586. The first-order valence-electron chi connectivity index (χ1n) is 8.41. The van der Waals surface area contributed by atoms with Crippen molar-refractivity contribution in [3.63, 3.8) is 0 Å². The molecule has 0 unspecified atom stereocenters. The van der Waals surface area contributed by atoms with E-state index in [1.165, 1.54) is 6.07 Å². The topological polar surface area (TPSA) is 102 Å². The molecule has 0 saturated carbocycles. The molecule has 0 radical (unpaired) electrons. The molecule has 7 nitrogen and oxygen atoms in total. The Morgan fingerprint density at radius 2 is 1.97 bits per heavy atom. The molecule has 13 heteroatoms. The number of carbonyl (C=O) groups excluding carboxylic acids is 1. The highest BCUT2D eigenvalue weighted by Gasteiger charge is 2.32. The molecule has 0 atom stereocenters. The molecule has 31 heavy (non-hydrogen) atoms. The van der Waals surface area contributed by atoms with Gasteiger partial charge in [-0.05, 0) is 30.3 Å². The van der Waals surface area contributed by atoms with Crippen LogP contribution in [0.1, 0.15) is 16.1 Å². The molecule has 1 heterocycles. The summed E-state index contributed by atoms with van der Waals surface area (Å²) < 4.78 is 36.2. The van der Waals surface area contributed by atoms with E-state index in [1.807, 2.05) is 0 Å². The maximum absolute atomic E-state index is 12.6. The summed E-state index contributed by atoms with van der Waals surface area (Å²) in [5.41, 5.74) is -0.622. The maximum Gasteiger partial charge on any atom is 0.433 e. The minimum atomic E-state index is -4.58. The van der Waals surface area contributed by atoms with Crippen molar-refractivity contribution in [2.45, 2.75) is 10.5 Å². The number of carbonyl (C=O) groups is 1. The minimum Gasteiger partial charge on any atom is -0.349 e. The molecule has 0 aliphatic rings. The van der Waals surface area contributed by atoms with Gasteiger partial charge in [-0.15, -0.1) is 0 Å². The second-order valence-electron chi connectivity index (χ2n) is 6.01. The number of nitriles is 1. The number of benzene rings is 1. The number of guanidine groups is 1. The van der Waals surface area contributed by atoms with Gasteiger partial charge in [-0.1, -0.05) is 40.9 Å². The van der Waals surface area contributed by atoms with E-state index in [0.717, 1.165) is 18.3 Å². The van der Waals surface area contributed by atoms with Gasteiger partial charge in [0.25, 0.3) is 5.91 Å². The van der Waals surface area contributed by atoms with Gasteiger partial charge in [0, 0.05) is 10.6 Å². The molecule has 0 aliphatic heterocycles. The summed E-state index contributed by atoms with van der Waals surface area (Å²) in [6.07, 6.45) is -2.02. The first-order chi connectivity index (χ1) is 14.5. The lowest BCUT2D eigenvalue weighted by molar-refractivity contribution is -0.141. The van der Waals surface area contributed by atoms with E-state index >= 15 is 0 Å². The number of anilines is 1. The van der Waals surface area contributed by atoms with Crippen molar-refractivity contribution in [3.05, 3.63) is 58.9 Å². The zero-order valence-corrected chi connectivity index (χ0v) is 17.7. The molecule has 1 amide bonds. The molecular formula is C18H14Cl3F3N6O. The van der Waals surface area contributed by atoms with Gasteiger partial charge in [-0.2, -0.15) is 18.4 Å². The van der Waals surface area contributed by atoms with Gasteiger partial charge in [0.1, 0.15) is 5.69 Å². The average molecular weight is 494 g/mol. The maximum atomic E-state index is 12.6. The molecule has 0 fully saturated rings. The zero-order valence-electron chi connectivity index (χ0n) is 15.5. The fourth-order valence-corrected chi connectivity index (χ4v) is 2.57. The predicted octanol–water partition coefficient (Wildman–Crippen LogP) is 4.20. The molecule has 1 aromatic heterocycles. The number of nitrogens with one attached hydrogen (secondary N) is 3. The summed E-state index contributed by atoms with van der Waals surface area (Å²) in [4.78, 5) is 19.4. The van der Waals surface area contributed by atoms with Gasteiger partial charge in [-0.25, -0.2) is 9.98 Å². The Hall–Kier alpha value is -2.74. The third kappa shape index (κ3) is 8.13. The van der Waals surface area contributed by atoms with E-state index in [0.29, 0.717) is 10.6 Å². The highest BCUT2D eigenvalue weighted by atomic mass is 35.5. The molecular weight excluding hydrogens is 480 g/mol. The first-order valence-corrected chi connectivity index (χ1v) is 9.55. The normalized spacial score (nSPS) is 12.1. The lowest BCUT2D eigenvalue weighted by atomic mass is 10.2. The SMILES string of the molecule is N#CNC(=NCC(Cl)(Cl)CNC(=O)c1cccc(Cl)c1)Nc1ccc(C(F)(F)F)nc1. The largest absolute Gasteiger partial charge is 0.433 e. The number of pyridine rings is 1. The summed E-state index contributed by atoms with van der Waals surface area (Å²) in [6.45, 7) is -0.455. The molecule has 164 valence electrons. The third-order valence-corrected chi connectivity index (χ3v) is 4.30.